The van der Waals surface area contributed by atoms with Crippen LogP contribution in [0.25, 0.3) is 0 Å². The summed E-state index contributed by atoms with van der Waals surface area (Å²) in [6.45, 7) is 18.4. The van der Waals surface area contributed by atoms with Gasteiger partial charge < -0.3 is 20.1 Å². The number of rotatable bonds is 1. The lowest BCUT2D eigenvalue weighted by molar-refractivity contribution is -0.0948. The summed E-state index contributed by atoms with van der Waals surface area (Å²) in [6, 6.07) is 9.73. The normalized spacial score (nSPS) is 21.0. The summed E-state index contributed by atoms with van der Waals surface area (Å²) in [5.74, 6) is 0.742. The van der Waals surface area contributed by atoms with E-state index >= 15 is 0 Å². The van der Waals surface area contributed by atoms with E-state index in [1.807, 2.05) is 40.7 Å². The molecule has 0 saturated heterocycles. The molecule has 1 aliphatic heterocycles. The molecule has 156 valence electrons. The van der Waals surface area contributed by atoms with Gasteiger partial charge in [0.15, 0.2) is 0 Å². The van der Waals surface area contributed by atoms with E-state index in [9.17, 15) is 15.3 Å². The first-order valence-corrected chi connectivity index (χ1v) is 10.1. The summed E-state index contributed by atoms with van der Waals surface area (Å²) in [5, 5.41) is 29.9. The van der Waals surface area contributed by atoms with Crippen LogP contribution >= 0.6 is 0 Å². The molecule has 2 aromatic carbocycles. The highest BCUT2D eigenvalue weighted by molar-refractivity contribution is 5.52. The minimum atomic E-state index is -0.852. The predicted octanol–water partition coefficient (Wildman–Crippen LogP) is 6.47. The van der Waals surface area contributed by atoms with E-state index in [1.54, 1.807) is 24.3 Å². The van der Waals surface area contributed by atoms with Crippen molar-refractivity contribution in [2.45, 2.75) is 73.3 Å². The predicted molar refractivity (Wildman–Crippen MR) is 115 cm³/mol. The third-order valence-electron chi connectivity index (χ3n) is 6.20. The molecule has 3 N–H and O–H groups in total. The lowest BCUT2D eigenvalue weighted by Gasteiger charge is -2.57. The zero-order chi connectivity index (χ0) is 21.9. The van der Waals surface area contributed by atoms with Crippen molar-refractivity contribution >= 4 is 0 Å². The van der Waals surface area contributed by atoms with Crippen LogP contribution in [0.3, 0.4) is 0 Å². The largest absolute Gasteiger partial charge is 0.508 e. The summed E-state index contributed by atoms with van der Waals surface area (Å²) in [4.78, 5) is 0. The summed E-state index contributed by atoms with van der Waals surface area (Å²) >= 11 is 0. The molecule has 0 aromatic heterocycles. The first-order chi connectivity index (χ1) is 13.0. The lowest BCUT2D eigenvalue weighted by atomic mass is 9.53. The van der Waals surface area contributed by atoms with Gasteiger partial charge in [0.25, 0.3) is 0 Å². The van der Waals surface area contributed by atoms with E-state index in [-0.39, 0.29) is 22.7 Å². The summed E-state index contributed by atoms with van der Waals surface area (Å²) in [6.07, 6.45) is 0. The molecular weight excluding hydrogens is 352 g/mol. The highest BCUT2D eigenvalue weighted by atomic mass is 16.5. The molecule has 28 heavy (non-hydrogen) atoms. The van der Waals surface area contributed by atoms with Gasteiger partial charge in [0, 0.05) is 34.1 Å². The maximum Gasteiger partial charge on any atom is 0.141 e. The summed E-state index contributed by atoms with van der Waals surface area (Å²) in [5.41, 5.74) is 0.0920. The van der Waals surface area contributed by atoms with Crippen molar-refractivity contribution < 1.29 is 20.1 Å². The highest BCUT2D eigenvalue weighted by Crippen LogP contribution is 2.61. The Hall–Kier alpha value is -2.36. The van der Waals surface area contributed by atoms with E-state index in [2.05, 4.69) is 27.7 Å². The molecule has 0 amide bonds. The third kappa shape index (κ3) is 3.52. The minimum Gasteiger partial charge on any atom is -0.508 e. The fraction of sp³-hybridized carbons (Fsp3) is 0.500. The molecule has 2 aromatic rings. The van der Waals surface area contributed by atoms with Crippen molar-refractivity contribution in [2.24, 2.45) is 5.41 Å². The van der Waals surface area contributed by atoms with Gasteiger partial charge in [-0.25, -0.2) is 0 Å². The molecule has 3 rings (SSSR count). The van der Waals surface area contributed by atoms with Crippen molar-refractivity contribution in [3.8, 4) is 23.0 Å². The number of hydrogen-bond donors (Lipinski definition) is 3. The molecule has 4 nitrogen and oxygen atoms in total. The first-order valence-electron chi connectivity index (χ1n) is 10.1. The molecule has 0 aliphatic carbocycles. The van der Waals surface area contributed by atoms with Crippen LogP contribution in [-0.4, -0.2) is 15.3 Å². The van der Waals surface area contributed by atoms with Crippen molar-refractivity contribution in [1.82, 2.24) is 0 Å². The molecule has 0 saturated carbocycles. The van der Waals surface area contributed by atoms with Crippen molar-refractivity contribution in [3.05, 3.63) is 47.5 Å². The quantitative estimate of drug-likeness (QED) is 0.524. The van der Waals surface area contributed by atoms with Crippen LogP contribution in [0.4, 0.5) is 0 Å². The molecule has 1 heterocycles. The van der Waals surface area contributed by atoms with Gasteiger partial charge in [-0.15, -0.1) is 0 Å². The highest BCUT2D eigenvalue weighted by Gasteiger charge is 2.58. The van der Waals surface area contributed by atoms with E-state index in [1.165, 1.54) is 6.07 Å². The van der Waals surface area contributed by atoms with Crippen LogP contribution in [0.1, 0.15) is 73.4 Å². The number of phenols is 3. The second-order valence-corrected chi connectivity index (χ2v) is 7.77. The topological polar surface area (TPSA) is 69.9 Å². The number of hydrogen-bond acceptors (Lipinski definition) is 4. The van der Waals surface area contributed by atoms with Gasteiger partial charge in [0.2, 0.25) is 0 Å². The van der Waals surface area contributed by atoms with Gasteiger partial charge in [-0.1, -0.05) is 61.5 Å². The fourth-order valence-corrected chi connectivity index (χ4v) is 3.71. The lowest BCUT2D eigenvalue weighted by Crippen LogP contribution is -2.57. The average molecular weight is 389 g/mol. The van der Waals surface area contributed by atoms with E-state index < -0.39 is 11.0 Å². The van der Waals surface area contributed by atoms with Crippen LogP contribution in [0, 0.1) is 5.41 Å². The smallest absolute Gasteiger partial charge is 0.141 e. The Bertz CT molecular complexity index is 808. The molecule has 0 radical (unpaired) electrons. The maximum absolute atomic E-state index is 10.4. The van der Waals surface area contributed by atoms with Crippen molar-refractivity contribution in [2.75, 3.05) is 0 Å². The minimum absolute atomic E-state index is 0.00534. The Morgan fingerprint density at radius 1 is 0.679 bits per heavy atom. The standard InChI is InChI=1S/C20H24O4.2C2H6/c1-18(2)15-9-7-13(22)11-17(15)24-20(5,19(18,3)4)14-8-6-12(21)10-16(14)23;2*1-2/h6-11,21-23H,1-5H3;2*1-2H3. The third-order valence-corrected chi connectivity index (χ3v) is 6.20. The Morgan fingerprint density at radius 2 is 1.14 bits per heavy atom. The zero-order valence-corrected chi connectivity index (χ0v) is 18.7. The van der Waals surface area contributed by atoms with Gasteiger partial charge in [0.05, 0.1) is 0 Å². The van der Waals surface area contributed by atoms with Crippen LogP contribution in [-0.2, 0) is 11.0 Å². The summed E-state index contributed by atoms with van der Waals surface area (Å²) in [7, 11) is 0. The maximum atomic E-state index is 10.4. The molecule has 1 aliphatic rings. The van der Waals surface area contributed by atoms with Gasteiger partial charge >= 0.3 is 0 Å². The molecule has 4 heteroatoms. The van der Waals surface area contributed by atoms with Gasteiger partial charge in [0.1, 0.15) is 28.6 Å². The van der Waals surface area contributed by atoms with Crippen LogP contribution in [0.5, 0.6) is 23.0 Å². The Kier molecular flexibility index (Phi) is 7.05. The molecule has 1 unspecified atom stereocenters. The zero-order valence-electron chi connectivity index (χ0n) is 18.7. The average Bonchev–Trinajstić information content (AvgIpc) is 2.63. The first kappa shape index (κ1) is 23.7. The fourth-order valence-electron chi connectivity index (χ4n) is 3.71. The van der Waals surface area contributed by atoms with Crippen molar-refractivity contribution in [1.29, 1.82) is 0 Å². The van der Waals surface area contributed by atoms with E-state index in [4.69, 9.17) is 4.74 Å². The molecule has 1 atom stereocenters. The Balaban J connectivity index is 0.000000921. The SMILES string of the molecule is CC.CC.CC1(C)c2ccc(O)cc2OC(C)(c2ccc(O)cc2O)C1(C)C. The van der Waals surface area contributed by atoms with Gasteiger partial charge in [-0.05, 0) is 25.1 Å². The monoisotopic (exact) mass is 388 g/mol. The number of phenolic OH excluding ortho intramolecular Hbond substituents is 3. The molecule has 0 fully saturated rings. The molecule has 0 bridgehead atoms. The number of benzene rings is 2. The summed E-state index contributed by atoms with van der Waals surface area (Å²) < 4.78 is 6.36. The second-order valence-electron chi connectivity index (χ2n) is 7.77. The van der Waals surface area contributed by atoms with Gasteiger partial charge in [-0.3, -0.25) is 0 Å². The molecular formula is C24H36O4. The van der Waals surface area contributed by atoms with E-state index in [0.717, 1.165) is 5.56 Å². The van der Waals surface area contributed by atoms with Crippen molar-refractivity contribution in [3.63, 3.8) is 0 Å². The number of aromatic hydroxyl groups is 3. The Morgan fingerprint density at radius 3 is 1.64 bits per heavy atom. The van der Waals surface area contributed by atoms with Gasteiger partial charge in [-0.2, -0.15) is 0 Å². The van der Waals surface area contributed by atoms with Crippen LogP contribution in [0.15, 0.2) is 36.4 Å². The number of ether oxygens (including phenoxy) is 1. The van der Waals surface area contributed by atoms with Crippen LogP contribution in [0.2, 0.25) is 0 Å². The number of fused-ring (bicyclic) bond motifs is 1. The second kappa shape index (κ2) is 8.34. The Labute approximate surface area is 169 Å². The van der Waals surface area contributed by atoms with Crippen LogP contribution < -0.4 is 4.74 Å². The molecule has 0 spiro atoms. The van der Waals surface area contributed by atoms with E-state index in [0.29, 0.717) is 11.3 Å².